The van der Waals surface area contributed by atoms with E-state index in [9.17, 15) is 9.59 Å². The van der Waals surface area contributed by atoms with Gasteiger partial charge in [0, 0.05) is 11.1 Å². The van der Waals surface area contributed by atoms with E-state index in [0.717, 1.165) is 22.0 Å². The van der Waals surface area contributed by atoms with Crippen molar-refractivity contribution in [3.8, 4) is 5.75 Å². The molecule has 0 aliphatic heterocycles. The van der Waals surface area contributed by atoms with Crippen molar-refractivity contribution in [3.05, 3.63) is 71.8 Å². The van der Waals surface area contributed by atoms with E-state index in [2.05, 4.69) is 20.8 Å². The minimum atomic E-state index is -0.336. The van der Waals surface area contributed by atoms with Gasteiger partial charge in [0.25, 0.3) is 5.91 Å². The number of amides is 2. The van der Waals surface area contributed by atoms with Crippen molar-refractivity contribution >= 4 is 56.5 Å². The van der Waals surface area contributed by atoms with Crippen molar-refractivity contribution in [2.75, 3.05) is 23.5 Å². The fourth-order valence-electron chi connectivity index (χ4n) is 3.17. The molecular formula is C23H20N4O3S2. The summed E-state index contributed by atoms with van der Waals surface area (Å²) in [5, 5.41) is 15.9. The zero-order chi connectivity index (χ0) is 22.5. The van der Waals surface area contributed by atoms with E-state index >= 15 is 0 Å². The Morgan fingerprint density at radius 2 is 1.88 bits per heavy atom. The second-order valence-corrected chi connectivity index (χ2v) is 9.10. The molecule has 2 amide bonds. The third-order valence-corrected chi connectivity index (χ3v) is 6.56. The highest BCUT2D eigenvalue weighted by Crippen LogP contribution is 2.31. The van der Waals surface area contributed by atoms with Gasteiger partial charge in [0.1, 0.15) is 5.75 Å². The molecule has 0 saturated heterocycles. The average Bonchev–Trinajstić information content (AvgIpc) is 3.24. The first-order chi connectivity index (χ1) is 15.5. The number of aromatic nitrogens is 2. The Hall–Kier alpha value is -3.43. The number of hydrogen-bond donors (Lipinski definition) is 2. The topological polar surface area (TPSA) is 93.2 Å². The second-order valence-electron chi connectivity index (χ2n) is 6.90. The normalized spacial score (nSPS) is 10.7. The lowest BCUT2D eigenvalue weighted by molar-refractivity contribution is -0.113. The Morgan fingerprint density at radius 3 is 2.69 bits per heavy atom. The maximum Gasteiger partial charge on any atom is 0.261 e. The number of hydrogen-bond acceptors (Lipinski definition) is 7. The molecule has 0 aliphatic rings. The highest BCUT2D eigenvalue weighted by atomic mass is 32.2. The van der Waals surface area contributed by atoms with Crippen molar-refractivity contribution in [3.63, 3.8) is 0 Å². The number of rotatable bonds is 7. The molecule has 0 atom stereocenters. The lowest BCUT2D eigenvalue weighted by atomic mass is 10.0. The third kappa shape index (κ3) is 5.06. The molecule has 0 spiro atoms. The van der Waals surface area contributed by atoms with Crippen LogP contribution in [0.1, 0.15) is 15.9 Å². The first-order valence-corrected chi connectivity index (χ1v) is 11.5. The van der Waals surface area contributed by atoms with Crippen LogP contribution in [0.4, 0.5) is 10.8 Å². The van der Waals surface area contributed by atoms with Gasteiger partial charge in [0.2, 0.25) is 11.0 Å². The zero-order valence-corrected chi connectivity index (χ0v) is 19.0. The zero-order valence-electron chi connectivity index (χ0n) is 17.4. The van der Waals surface area contributed by atoms with Crippen LogP contribution in [-0.4, -0.2) is 34.9 Å². The fraction of sp³-hybridized carbons (Fsp3) is 0.130. The molecule has 9 heteroatoms. The molecule has 1 aromatic heterocycles. The van der Waals surface area contributed by atoms with Gasteiger partial charge in [0.15, 0.2) is 4.34 Å². The summed E-state index contributed by atoms with van der Waals surface area (Å²) in [5.74, 6) is 0.224. The molecular weight excluding hydrogens is 444 g/mol. The standard InChI is InChI=1S/C23H20N4O3S2/c1-14-6-5-8-16(12-14)24-19(28)13-31-23-27-26-22(32-23)25-21(29)18-11-10-15-7-3-4-9-17(15)20(18)30-2/h3-12H,13H2,1-2H3,(H,24,28)(H,25,26,29). The molecule has 0 fully saturated rings. The van der Waals surface area contributed by atoms with E-state index in [1.54, 1.807) is 13.2 Å². The number of fused-ring (bicyclic) bond motifs is 1. The summed E-state index contributed by atoms with van der Waals surface area (Å²) < 4.78 is 6.09. The molecule has 162 valence electrons. The number of nitrogens with zero attached hydrogens (tertiary/aromatic N) is 2. The van der Waals surface area contributed by atoms with Crippen molar-refractivity contribution in [2.24, 2.45) is 0 Å². The van der Waals surface area contributed by atoms with Crippen LogP contribution in [0.5, 0.6) is 5.75 Å². The minimum absolute atomic E-state index is 0.137. The molecule has 0 aliphatic carbocycles. The van der Waals surface area contributed by atoms with Crippen molar-refractivity contribution in [1.29, 1.82) is 0 Å². The van der Waals surface area contributed by atoms with E-state index in [0.29, 0.717) is 20.8 Å². The Morgan fingerprint density at radius 1 is 1.03 bits per heavy atom. The van der Waals surface area contributed by atoms with Gasteiger partial charge in [0.05, 0.1) is 18.4 Å². The Kier molecular flexibility index (Phi) is 6.67. The molecule has 0 unspecified atom stereocenters. The third-order valence-electron chi connectivity index (χ3n) is 4.58. The fourth-order valence-corrected chi connectivity index (χ4v) is 4.72. The maximum atomic E-state index is 12.8. The molecule has 0 bridgehead atoms. The highest BCUT2D eigenvalue weighted by Gasteiger charge is 2.17. The van der Waals surface area contributed by atoms with Gasteiger partial charge < -0.3 is 10.1 Å². The lowest BCUT2D eigenvalue weighted by Gasteiger charge is -2.11. The number of aryl methyl sites for hydroxylation is 1. The smallest absolute Gasteiger partial charge is 0.261 e. The van der Waals surface area contributed by atoms with Crippen LogP contribution in [0.2, 0.25) is 0 Å². The van der Waals surface area contributed by atoms with Crippen molar-refractivity contribution in [1.82, 2.24) is 10.2 Å². The number of methoxy groups -OCH3 is 1. The number of carbonyl (C=O) groups is 2. The Bertz CT molecular complexity index is 1290. The summed E-state index contributed by atoms with van der Waals surface area (Å²) in [6, 6.07) is 18.9. The number of benzene rings is 3. The van der Waals surface area contributed by atoms with Crippen LogP contribution >= 0.6 is 23.1 Å². The monoisotopic (exact) mass is 464 g/mol. The maximum absolute atomic E-state index is 12.8. The summed E-state index contributed by atoms with van der Waals surface area (Å²) in [4.78, 5) is 25.0. The van der Waals surface area contributed by atoms with E-state index in [4.69, 9.17) is 4.74 Å². The summed E-state index contributed by atoms with van der Waals surface area (Å²) in [7, 11) is 1.54. The molecule has 1 heterocycles. The van der Waals surface area contributed by atoms with E-state index in [1.807, 2.05) is 61.5 Å². The molecule has 0 saturated carbocycles. The van der Waals surface area contributed by atoms with Gasteiger partial charge in [-0.25, -0.2) is 0 Å². The van der Waals surface area contributed by atoms with Crippen LogP contribution in [0, 0.1) is 6.92 Å². The van der Waals surface area contributed by atoms with E-state index in [1.165, 1.54) is 23.1 Å². The van der Waals surface area contributed by atoms with Gasteiger partial charge >= 0.3 is 0 Å². The first kappa shape index (κ1) is 21.8. The van der Waals surface area contributed by atoms with Gasteiger partial charge in [-0.3, -0.25) is 14.9 Å². The number of ether oxygens (including phenoxy) is 1. The van der Waals surface area contributed by atoms with Crippen LogP contribution in [0.3, 0.4) is 0 Å². The lowest BCUT2D eigenvalue weighted by Crippen LogP contribution is -2.13. The SMILES string of the molecule is COc1c(C(=O)Nc2nnc(SCC(=O)Nc3cccc(C)c3)s2)ccc2ccccc12. The number of nitrogens with one attached hydrogen (secondary N) is 2. The molecule has 2 N–H and O–H groups in total. The Labute approximate surface area is 193 Å². The number of carbonyl (C=O) groups excluding carboxylic acids is 2. The van der Waals surface area contributed by atoms with Gasteiger partial charge in [-0.1, -0.05) is 65.6 Å². The summed E-state index contributed by atoms with van der Waals surface area (Å²) >= 11 is 2.47. The molecule has 0 radical (unpaired) electrons. The molecule has 4 rings (SSSR count). The molecule has 7 nitrogen and oxygen atoms in total. The van der Waals surface area contributed by atoms with E-state index in [-0.39, 0.29) is 17.6 Å². The summed E-state index contributed by atoms with van der Waals surface area (Å²) in [6.07, 6.45) is 0. The van der Waals surface area contributed by atoms with Gasteiger partial charge in [-0.2, -0.15) is 0 Å². The predicted octanol–water partition coefficient (Wildman–Crippen LogP) is 4.99. The second kappa shape index (κ2) is 9.80. The van der Waals surface area contributed by atoms with Crippen LogP contribution in [0.25, 0.3) is 10.8 Å². The Balaban J connectivity index is 1.38. The molecule has 4 aromatic rings. The van der Waals surface area contributed by atoms with Crippen molar-refractivity contribution < 1.29 is 14.3 Å². The van der Waals surface area contributed by atoms with Gasteiger partial charge in [-0.05, 0) is 36.1 Å². The minimum Gasteiger partial charge on any atom is -0.495 e. The summed E-state index contributed by atoms with van der Waals surface area (Å²) in [6.45, 7) is 1.97. The van der Waals surface area contributed by atoms with E-state index < -0.39 is 0 Å². The number of anilines is 2. The van der Waals surface area contributed by atoms with Gasteiger partial charge in [-0.15, -0.1) is 10.2 Å². The highest BCUT2D eigenvalue weighted by molar-refractivity contribution is 8.01. The van der Waals surface area contributed by atoms with Crippen LogP contribution < -0.4 is 15.4 Å². The first-order valence-electron chi connectivity index (χ1n) is 9.73. The molecule has 3 aromatic carbocycles. The average molecular weight is 465 g/mol. The predicted molar refractivity (Wildman–Crippen MR) is 129 cm³/mol. The largest absolute Gasteiger partial charge is 0.495 e. The quantitative estimate of drug-likeness (QED) is 0.296. The number of thioether (sulfide) groups is 1. The van der Waals surface area contributed by atoms with Crippen LogP contribution in [-0.2, 0) is 4.79 Å². The summed E-state index contributed by atoms with van der Waals surface area (Å²) in [5.41, 5.74) is 2.24. The molecule has 32 heavy (non-hydrogen) atoms. The van der Waals surface area contributed by atoms with Crippen LogP contribution in [0.15, 0.2) is 65.0 Å². The van der Waals surface area contributed by atoms with Crippen molar-refractivity contribution in [2.45, 2.75) is 11.3 Å².